The zero-order valence-corrected chi connectivity index (χ0v) is 12.2. The molecule has 0 spiro atoms. The Morgan fingerprint density at radius 1 is 1.17 bits per heavy atom. The average Bonchev–Trinajstić information content (AvgIpc) is 2.42. The van der Waals surface area contributed by atoms with E-state index in [4.69, 9.17) is 9.47 Å². The first-order valence-electron chi connectivity index (χ1n) is 5.97. The molecule has 1 aromatic carbocycles. The first-order valence-corrected chi connectivity index (χ1v) is 6.42. The van der Waals surface area contributed by atoms with Crippen LogP contribution in [0.15, 0.2) is 18.2 Å². The van der Waals surface area contributed by atoms with Crippen LogP contribution in [0.5, 0.6) is 11.5 Å². The molecule has 1 rings (SSSR count). The number of nitrogens with one attached hydrogen (secondary N) is 1. The summed E-state index contributed by atoms with van der Waals surface area (Å²) in [5, 5.41) is 0. The molecule has 1 N–H and O–H groups in total. The Morgan fingerprint density at radius 2 is 1.89 bits per heavy atom. The Kier molecular flexibility index (Phi) is 6.93. The number of hydrogen-bond acceptors (Lipinski definition) is 5. The van der Waals surface area contributed by atoms with Gasteiger partial charge in [0.1, 0.15) is 0 Å². The first kappa shape index (κ1) is 15.1. The molecule has 0 heterocycles. The molecule has 0 aromatic heterocycles. The fraction of sp³-hybridized carbons (Fsp3) is 0.538. The lowest BCUT2D eigenvalue weighted by atomic mass is 10.1. The lowest BCUT2D eigenvalue weighted by Gasteiger charge is -2.16. The highest BCUT2D eigenvalue weighted by Gasteiger charge is 2.05. The SMILES string of the molecule is COc1ccc(CCN(C)CCNS)cc1OC. The summed E-state index contributed by atoms with van der Waals surface area (Å²) in [7, 11) is 5.41. The van der Waals surface area contributed by atoms with Gasteiger partial charge < -0.3 is 14.4 Å². The van der Waals surface area contributed by atoms with Crippen LogP contribution in [0.25, 0.3) is 0 Å². The van der Waals surface area contributed by atoms with Crippen molar-refractivity contribution in [2.24, 2.45) is 0 Å². The topological polar surface area (TPSA) is 33.7 Å². The van der Waals surface area contributed by atoms with Gasteiger partial charge in [-0.05, 0) is 31.2 Å². The Labute approximate surface area is 115 Å². The summed E-state index contributed by atoms with van der Waals surface area (Å²) >= 11 is 3.97. The van der Waals surface area contributed by atoms with Crippen LogP contribution in [0.1, 0.15) is 5.56 Å². The molecule has 0 amide bonds. The minimum Gasteiger partial charge on any atom is -0.493 e. The van der Waals surface area contributed by atoms with E-state index < -0.39 is 0 Å². The molecule has 0 aliphatic rings. The molecule has 18 heavy (non-hydrogen) atoms. The summed E-state index contributed by atoms with van der Waals surface area (Å²) in [5.74, 6) is 1.56. The third kappa shape index (κ3) is 4.76. The zero-order valence-electron chi connectivity index (χ0n) is 11.3. The number of nitrogens with zero attached hydrogens (tertiary/aromatic N) is 1. The van der Waals surface area contributed by atoms with Crippen molar-refractivity contribution in [3.63, 3.8) is 0 Å². The third-order valence-corrected chi connectivity index (χ3v) is 3.06. The maximum absolute atomic E-state index is 5.29. The molecule has 0 fully saturated rings. The summed E-state index contributed by atoms with van der Waals surface area (Å²) < 4.78 is 13.4. The van der Waals surface area contributed by atoms with Crippen LogP contribution in [0, 0.1) is 0 Å². The Bertz CT molecular complexity index is 361. The van der Waals surface area contributed by atoms with Gasteiger partial charge in [0.2, 0.25) is 0 Å². The second kappa shape index (κ2) is 8.24. The lowest BCUT2D eigenvalue weighted by molar-refractivity contribution is 0.342. The van der Waals surface area contributed by atoms with E-state index in [2.05, 4.69) is 35.6 Å². The van der Waals surface area contributed by atoms with Crippen LogP contribution >= 0.6 is 12.8 Å². The third-order valence-electron chi connectivity index (χ3n) is 2.84. The molecule has 0 unspecified atom stereocenters. The van der Waals surface area contributed by atoms with E-state index in [1.54, 1.807) is 14.2 Å². The number of rotatable bonds is 8. The van der Waals surface area contributed by atoms with Crippen molar-refractivity contribution in [3.8, 4) is 11.5 Å². The molecule has 0 radical (unpaired) electrons. The summed E-state index contributed by atoms with van der Waals surface area (Å²) in [6, 6.07) is 6.05. The van der Waals surface area contributed by atoms with Gasteiger partial charge in [-0.1, -0.05) is 18.9 Å². The van der Waals surface area contributed by atoms with Crippen molar-refractivity contribution in [2.75, 3.05) is 40.9 Å². The largest absolute Gasteiger partial charge is 0.493 e. The molecule has 1 aromatic rings. The van der Waals surface area contributed by atoms with Gasteiger partial charge in [-0.25, -0.2) is 0 Å². The highest BCUT2D eigenvalue weighted by Crippen LogP contribution is 2.27. The molecular weight excluding hydrogens is 248 g/mol. The predicted octanol–water partition coefficient (Wildman–Crippen LogP) is 1.61. The van der Waals surface area contributed by atoms with Crippen molar-refractivity contribution in [2.45, 2.75) is 6.42 Å². The van der Waals surface area contributed by atoms with Crippen molar-refractivity contribution < 1.29 is 9.47 Å². The molecule has 5 heteroatoms. The van der Waals surface area contributed by atoms with E-state index in [1.165, 1.54) is 5.56 Å². The second-order valence-electron chi connectivity index (χ2n) is 4.15. The highest BCUT2D eigenvalue weighted by atomic mass is 32.1. The van der Waals surface area contributed by atoms with Crippen LogP contribution in [0.4, 0.5) is 0 Å². The number of hydrogen-bond donors (Lipinski definition) is 2. The van der Waals surface area contributed by atoms with Gasteiger partial charge >= 0.3 is 0 Å². The van der Waals surface area contributed by atoms with Crippen LogP contribution in [0.2, 0.25) is 0 Å². The van der Waals surface area contributed by atoms with E-state index in [-0.39, 0.29) is 0 Å². The maximum Gasteiger partial charge on any atom is 0.160 e. The molecule has 0 atom stereocenters. The molecule has 102 valence electrons. The smallest absolute Gasteiger partial charge is 0.160 e. The normalized spacial score (nSPS) is 10.7. The Morgan fingerprint density at radius 3 is 2.50 bits per heavy atom. The lowest BCUT2D eigenvalue weighted by Crippen LogP contribution is -2.27. The van der Waals surface area contributed by atoms with E-state index in [0.29, 0.717) is 0 Å². The first-order chi connectivity index (χ1) is 8.71. The minimum absolute atomic E-state index is 0.772. The predicted molar refractivity (Wildman–Crippen MR) is 77.7 cm³/mol. The quantitative estimate of drug-likeness (QED) is 0.703. The summed E-state index contributed by atoms with van der Waals surface area (Å²) in [6.07, 6.45) is 0.990. The standard InChI is InChI=1S/C13H22N2O2S/c1-15(9-7-14-18)8-6-11-4-5-12(16-2)13(10-11)17-3/h4-5,10,14,18H,6-9H2,1-3H3. The summed E-state index contributed by atoms with van der Waals surface area (Å²) in [6.45, 7) is 2.87. The Hall–Kier alpha value is -0.910. The monoisotopic (exact) mass is 270 g/mol. The van der Waals surface area contributed by atoms with Gasteiger partial charge in [0.05, 0.1) is 14.2 Å². The highest BCUT2D eigenvalue weighted by molar-refractivity contribution is 7.78. The van der Waals surface area contributed by atoms with Gasteiger partial charge in [-0.2, -0.15) is 0 Å². The summed E-state index contributed by atoms with van der Waals surface area (Å²) in [4.78, 5) is 2.26. The van der Waals surface area contributed by atoms with Crippen molar-refractivity contribution in [1.29, 1.82) is 0 Å². The number of thiol groups is 1. The van der Waals surface area contributed by atoms with Crippen LogP contribution < -0.4 is 14.2 Å². The van der Waals surface area contributed by atoms with E-state index >= 15 is 0 Å². The maximum atomic E-state index is 5.29. The van der Waals surface area contributed by atoms with Crippen molar-refractivity contribution >= 4 is 12.8 Å². The van der Waals surface area contributed by atoms with Crippen molar-refractivity contribution in [3.05, 3.63) is 23.8 Å². The van der Waals surface area contributed by atoms with Gasteiger partial charge in [-0.15, -0.1) is 0 Å². The molecule has 0 bridgehead atoms. The number of ether oxygens (including phenoxy) is 2. The Balaban J connectivity index is 2.52. The van der Waals surface area contributed by atoms with Gasteiger partial charge in [0, 0.05) is 19.6 Å². The van der Waals surface area contributed by atoms with Gasteiger partial charge in [-0.3, -0.25) is 4.72 Å². The average molecular weight is 270 g/mol. The molecule has 0 saturated carbocycles. The molecule has 0 aliphatic heterocycles. The van der Waals surface area contributed by atoms with E-state index in [1.807, 2.05) is 12.1 Å². The summed E-state index contributed by atoms with van der Waals surface area (Å²) in [5.41, 5.74) is 1.25. The second-order valence-corrected chi connectivity index (χ2v) is 4.47. The molecular formula is C13H22N2O2S. The number of methoxy groups -OCH3 is 2. The minimum atomic E-state index is 0.772. The van der Waals surface area contributed by atoms with Gasteiger partial charge in [0.15, 0.2) is 11.5 Å². The van der Waals surface area contributed by atoms with E-state index in [9.17, 15) is 0 Å². The van der Waals surface area contributed by atoms with Crippen LogP contribution in [-0.4, -0.2) is 45.8 Å². The number of likely N-dealkylation sites (N-methyl/N-ethyl adjacent to an activating group) is 1. The number of benzene rings is 1. The van der Waals surface area contributed by atoms with Crippen LogP contribution in [0.3, 0.4) is 0 Å². The molecule has 4 nitrogen and oxygen atoms in total. The van der Waals surface area contributed by atoms with E-state index in [0.717, 1.165) is 37.6 Å². The fourth-order valence-electron chi connectivity index (χ4n) is 1.71. The molecule has 0 saturated heterocycles. The zero-order chi connectivity index (χ0) is 13.4. The van der Waals surface area contributed by atoms with Crippen molar-refractivity contribution in [1.82, 2.24) is 9.62 Å². The molecule has 0 aliphatic carbocycles. The van der Waals surface area contributed by atoms with Gasteiger partial charge in [0.25, 0.3) is 0 Å². The van der Waals surface area contributed by atoms with Crippen LogP contribution in [-0.2, 0) is 6.42 Å². The fourth-order valence-corrected chi connectivity index (χ4v) is 1.81.